The van der Waals surface area contributed by atoms with Crippen LogP contribution in [0.15, 0.2) is 0 Å². The van der Waals surface area contributed by atoms with Gasteiger partial charge in [0, 0.05) is 6.26 Å². The van der Waals surface area contributed by atoms with Crippen LogP contribution in [0.25, 0.3) is 0 Å². The van der Waals surface area contributed by atoms with Gasteiger partial charge in [0.1, 0.15) is 0 Å². The molecule has 2 atom stereocenters. The van der Waals surface area contributed by atoms with Crippen LogP contribution >= 0.6 is 0 Å². The van der Waals surface area contributed by atoms with E-state index < -0.39 is 9.84 Å². The molecular formula is C9H16O2S. The second-order valence-corrected chi connectivity index (χ2v) is 6.87. The van der Waals surface area contributed by atoms with Crippen molar-refractivity contribution in [3.63, 3.8) is 0 Å². The van der Waals surface area contributed by atoms with Gasteiger partial charge in [-0.2, -0.15) is 0 Å². The van der Waals surface area contributed by atoms with Crippen molar-refractivity contribution in [3.8, 4) is 0 Å². The Morgan fingerprint density at radius 1 is 1.25 bits per heavy atom. The highest BCUT2D eigenvalue weighted by Crippen LogP contribution is 2.49. The summed E-state index contributed by atoms with van der Waals surface area (Å²) in [5.74, 6) is 0.716. The van der Waals surface area contributed by atoms with Gasteiger partial charge in [-0.05, 0) is 31.6 Å². The zero-order valence-corrected chi connectivity index (χ0v) is 8.36. The second-order valence-electron chi connectivity index (χ2n) is 4.46. The highest BCUT2D eigenvalue weighted by Gasteiger charge is 2.48. The summed E-state index contributed by atoms with van der Waals surface area (Å²) >= 11 is 0. The summed E-state index contributed by atoms with van der Waals surface area (Å²) in [6.45, 7) is 0. The first-order chi connectivity index (χ1) is 5.54. The van der Waals surface area contributed by atoms with Gasteiger partial charge in [-0.3, -0.25) is 0 Å². The highest BCUT2D eigenvalue weighted by molar-refractivity contribution is 7.92. The summed E-state index contributed by atoms with van der Waals surface area (Å²) in [6.07, 6.45) is 7.74. The molecule has 0 aliphatic heterocycles. The van der Waals surface area contributed by atoms with Crippen LogP contribution in [0, 0.1) is 5.92 Å². The lowest BCUT2D eigenvalue weighted by Gasteiger charge is -2.30. The van der Waals surface area contributed by atoms with E-state index in [1.807, 2.05) is 0 Å². The molecular weight excluding hydrogens is 172 g/mol. The minimum Gasteiger partial charge on any atom is -0.229 e. The quantitative estimate of drug-likeness (QED) is 0.628. The van der Waals surface area contributed by atoms with Gasteiger partial charge in [0.05, 0.1) is 4.75 Å². The molecule has 2 aliphatic rings. The minimum atomic E-state index is -2.80. The van der Waals surface area contributed by atoms with Crippen LogP contribution in [0.3, 0.4) is 0 Å². The number of rotatable bonds is 1. The van der Waals surface area contributed by atoms with E-state index in [1.54, 1.807) is 0 Å². The molecule has 0 N–H and O–H groups in total. The lowest BCUT2D eigenvalue weighted by atomic mass is 9.89. The van der Waals surface area contributed by atoms with E-state index in [0.29, 0.717) is 5.92 Å². The van der Waals surface area contributed by atoms with Crippen LogP contribution in [0.4, 0.5) is 0 Å². The fourth-order valence-electron chi connectivity index (χ4n) is 2.91. The van der Waals surface area contributed by atoms with E-state index in [4.69, 9.17) is 0 Å². The molecule has 0 spiro atoms. The summed E-state index contributed by atoms with van der Waals surface area (Å²) < 4.78 is 22.8. The van der Waals surface area contributed by atoms with Gasteiger partial charge in [0.25, 0.3) is 0 Å². The summed E-state index contributed by atoms with van der Waals surface area (Å²) in [5.41, 5.74) is 0. The van der Waals surface area contributed by atoms with Crippen molar-refractivity contribution in [2.24, 2.45) is 5.92 Å². The van der Waals surface area contributed by atoms with Gasteiger partial charge in [-0.1, -0.05) is 12.8 Å². The molecule has 0 radical (unpaired) electrons. The van der Waals surface area contributed by atoms with Gasteiger partial charge in [-0.15, -0.1) is 0 Å². The highest BCUT2D eigenvalue weighted by atomic mass is 32.2. The van der Waals surface area contributed by atoms with Crippen LogP contribution in [-0.4, -0.2) is 19.4 Å². The molecule has 2 saturated carbocycles. The maximum absolute atomic E-state index is 11.6. The summed E-state index contributed by atoms with van der Waals surface area (Å²) in [6, 6.07) is 0. The zero-order chi connectivity index (χ0) is 8.82. The molecule has 70 valence electrons. The number of hydrogen-bond donors (Lipinski definition) is 0. The first-order valence-electron chi connectivity index (χ1n) is 4.73. The molecule has 12 heavy (non-hydrogen) atoms. The average Bonchev–Trinajstić information content (AvgIpc) is 2.27. The normalized spacial score (nSPS) is 41.6. The predicted octanol–water partition coefficient (Wildman–Crippen LogP) is 1.75. The molecule has 0 saturated heterocycles. The lowest BCUT2D eigenvalue weighted by Crippen LogP contribution is -2.37. The second kappa shape index (κ2) is 2.47. The molecule has 2 nitrogen and oxygen atoms in total. The molecule has 3 heteroatoms. The Bertz CT molecular complexity index is 277. The Labute approximate surface area is 74.3 Å². The van der Waals surface area contributed by atoms with Gasteiger partial charge in [-0.25, -0.2) is 8.42 Å². The SMILES string of the molecule is CS(=O)(=O)C12CCCC(CC1)C2. The van der Waals surface area contributed by atoms with E-state index in [9.17, 15) is 8.42 Å². The lowest BCUT2D eigenvalue weighted by molar-refractivity contribution is 0.370. The van der Waals surface area contributed by atoms with Crippen LogP contribution in [-0.2, 0) is 9.84 Å². The summed E-state index contributed by atoms with van der Waals surface area (Å²) in [4.78, 5) is 0. The van der Waals surface area contributed by atoms with Crippen molar-refractivity contribution in [1.29, 1.82) is 0 Å². The molecule has 0 heterocycles. The molecule has 2 unspecified atom stereocenters. The van der Waals surface area contributed by atoms with E-state index in [1.165, 1.54) is 12.7 Å². The average molecular weight is 188 g/mol. The fraction of sp³-hybridized carbons (Fsp3) is 1.00. The third kappa shape index (κ3) is 1.10. The first-order valence-corrected chi connectivity index (χ1v) is 6.62. The summed E-state index contributed by atoms with van der Waals surface area (Å²) in [5, 5.41) is 0. The van der Waals surface area contributed by atoms with Crippen LogP contribution in [0.1, 0.15) is 38.5 Å². The van der Waals surface area contributed by atoms with Crippen molar-refractivity contribution >= 4 is 9.84 Å². The number of sulfone groups is 1. The summed E-state index contributed by atoms with van der Waals surface area (Å²) in [7, 11) is -2.80. The molecule has 2 fully saturated rings. The Morgan fingerprint density at radius 2 is 2.00 bits per heavy atom. The van der Waals surface area contributed by atoms with Crippen LogP contribution < -0.4 is 0 Å². The standard InChI is InChI=1S/C9H16O2S/c1-12(10,11)9-5-2-3-8(7-9)4-6-9/h8H,2-7H2,1H3. The van der Waals surface area contributed by atoms with Gasteiger partial charge >= 0.3 is 0 Å². The van der Waals surface area contributed by atoms with E-state index in [0.717, 1.165) is 32.1 Å². The molecule has 2 bridgehead atoms. The van der Waals surface area contributed by atoms with Crippen molar-refractivity contribution in [2.45, 2.75) is 43.3 Å². The third-order valence-electron chi connectivity index (χ3n) is 3.70. The molecule has 2 rings (SSSR count). The monoisotopic (exact) mass is 188 g/mol. The Hall–Kier alpha value is -0.0500. The molecule has 2 aliphatic carbocycles. The van der Waals surface area contributed by atoms with Crippen molar-refractivity contribution in [1.82, 2.24) is 0 Å². The third-order valence-corrected chi connectivity index (χ3v) is 5.85. The Morgan fingerprint density at radius 3 is 2.58 bits per heavy atom. The number of hydrogen-bond acceptors (Lipinski definition) is 2. The largest absolute Gasteiger partial charge is 0.229 e. The topological polar surface area (TPSA) is 34.1 Å². The smallest absolute Gasteiger partial charge is 0.153 e. The van der Waals surface area contributed by atoms with Gasteiger partial charge in [0.2, 0.25) is 0 Å². The van der Waals surface area contributed by atoms with Crippen LogP contribution in [0.2, 0.25) is 0 Å². The zero-order valence-electron chi connectivity index (χ0n) is 7.54. The Balaban J connectivity index is 2.33. The predicted molar refractivity (Wildman–Crippen MR) is 48.8 cm³/mol. The van der Waals surface area contributed by atoms with E-state index >= 15 is 0 Å². The van der Waals surface area contributed by atoms with Crippen LogP contribution in [0.5, 0.6) is 0 Å². The fourth-order valence-corrected chi connectivity index (χ4v) is 4.45. The molecule has 0 aromatic carbocycles. The minimum absolute atomic E-state index is 0.296. The van der Waals surface area contributed by atoms with E-state index in [2.05, 4.69) is 0 Å². The molecule has 0 aromatic heterocycles. The van der Waals surface area contributed by atoms with Gasteiger partial charge in [0.15, 0.2) is 9.84 Å². The van der Waals surface area contributed by atoms with Crippen molar-refractivity contribution < 1.29 is 8.42 Å². The first kappa shape index (κ1) is 8.54. The van der Waals surface area contributed by atoms with Crippen molar-refractivity contribution in [3.05, 3.63) is 0 Å². The van der Waals surface area contributed by atoms with Crippen molar-refractivity contribution in [2.75, 3.05) is 6.26 Å². The number of fused-ring (bicyclic) bond motifs is 2. The van der Waals surface area contributed by atoms with E-state index in [-0.39, 0.29) is 4.75 Å². The maximum atomic E-state index is 11.6. The molecule has 0 aromatic rings. The molecule has 0 amide bonds. The Kier molecular flexibility index (Phi) is 1.76. The maximum Gasteiger partial charge on any atom is 0.153 e. The van der Waals surface area contributed by atoms with Gasteiger partial charge < -0.3 is 0 Å².